The average Bonchev–Trinajstić information content (AvgIpc) is 4.19. The molecule has 2 unspecified atom stereocenters. The lowest BCUT2D eigenvalue weighted by atomic mass is 9.86. The highest BCUT2D eigenvalue weighted by atomic mass is 32.2. The number of hydrogen-bond acceptors (Lipinski definition) is 17. The number of carbonyl (C=O) groups is 8. The molecule has 3 fully saturated rings. The second kappa shape index (κ2) is 31.6. The van der Waals surface area contributed by atoms with E-state index >= 15 is 0 Å². The maximum Gasteiger partial charge on any atom is 0.248 e. The van der Waals surface area contributed by atoms with Crippen molar-refractivity contribution in [3.63, 3.8) is 0 Å². The van der Waals surface area contributed by atoms with Crippen LogP contribution in [0.5, 0.6) is 5.75 Å². The third-order valence-corrected chi connectivity index (χ3v) is 16.8. The number of nitrogens with one attached hydrogen (secondary N) is 4. The van der Waals surface area contributed by atoms with Crippen LogP contribution < -0.4 is 27.0 Å². The van der Waals surface area contributed by atoms with Crippen molar-refractivity contribution in [2.45, 2.75) is 207 Å². The summed E-state index contributed by atoms with van der Waals surface area (Å²) in [5, 5.41) is 98.9. The molecule has 450 valence electrons. The Kier molecular flexibility index (Phi) is 25.8. The summed E-state index contributed by atoms with van der Waals surface area (Å²) in [6, 6.07) is 3.98. The SMILES string of the molecule is CCC(C)CC(C)CCCCCCCCC(=O)N[C@H]1C[C@@H](O)[C@@H](Sc2ccccc2)NC(=O)[C@@H]2[C@@H](O)CCN2C(=O)[C@H]([C@H](O)CC(N)=O)NC(=O)[C@H]([C@H](O)[C@@H](O)c2ccc(O)cc2)CC(=O)[C@@H]2C[C@@H](O)CN2C(=O)[C@H]([C@@H](C)O)NC1=O. The number of rotatable bonds is 22. The first-order valence-electron chi connectivity index (χ1n) is 28.3. The van der Waals surface area contributed by atoms with E-state index in [0.29, 0.717) is 29.6 Å². The number of primary amides is 1. The Morgan fingerprint density at radius 2 is 1.38 bits per heavy atom. The van der Waals surface area contributed by atoms with Crippen LogP contribution >= 0.6 is 11.8 Å². The van der Waals surface area contributed by atoms with E-state index in [0.717, 1.165) is 67.0 Å². The van der Waals surface area contributed by atoms with Gasteiger partial charge in [-0.3, -0.25) is 38.4 Å². The van der Waals surface area contributed by atoms with Crippen molar-refractivity contribution >= 4 is 58.9 Å². The first-order valence-corrected chi connectivity index (χ1v) is 29.2. The normalized spacial score (nSPS) is 27.8. The van der Waals surface area contributed by atoms with Gasteiger partial charge >= 0.3 is 0 Å². The average molecular weight is 1160 g/mol. The second-order valence-electron chi connectivity index (χ2n) is 22.3. The van der Waals surface area contributed by atoms with Gasteiger partial charge in [-0.15, -0.1) is 0 Å². The lowest BCUT2D eigenvalue weighted by Crippen LogP contribution is -2.61. The summed E-state index contributed by atoms with van der Waals surface area (Å²) in [4.78, 5) is 116. The molecule has 0 aromatic heterocycles. The molecule has 0 saturated carbocycles. The molecule has 3 saturated heterocycles. The number of nitrogens with two attached hydrogens (primary N) is 1. The van der Waals surface area contributed by atoms with Crippen molar-refractivity contribution < 1.29 is 79.2 Å². The summed E-state index contributed by atoms with van der Waals surface area (Å²) in [7, 11) is 0. The lowest BCUT2D eigenvalue weighted by Gasteiger charge is -2.34. The number of aromatic hydroxyl groups is 1. The van der Waals surface area contributed by atoms with Crippen LogP contribution in [0.25, 0.3) is 0 Å². The van der Waals surface area contributed by atoms with Crippen LogP contribution in [0.2, 0.25) is 0 Å². The van der Waals surface area contributed by atoms with E-state index in [1.54, 1.807) is 30.3 Å². The predicted octanol–water partition coefficient (Wildman–Crippen LogP) is 0.549. The molecule has 16 atom stereocenters. The van der Waals surface area contributed by atoms with Crippen LogP contribution in [0.4, 0.5) is 0 Å². The molecule has 14 N–H and O–H groups in total. The zero-order valence-electron chi connectivity index (χ0n) is 46.7. The maximum absolute atomic E-state index is 14.7. The van der Waals surface area contributed by atoms with Gasteiger partial charge in [-0.1, -0.05) is 108 Å². The van der Waals surface area contributed by atoms with E-state index < -0.39 is 164 Å². The third kappa shape index (κ3) is 19.2. The molecule has 3 aliphatic heterocycles. The van der Waals surface area contributed by atoms with E-state index in [-0.39, 0.29) is 30.7 Å². The predicted molar refractivity (Wildman–Crippen MR) is 297 cm³/mol. The number of Topliss-reactive ketones (excluding diaryl/α,β-unsaturated/α-hetero) is 1. The molecule has 3 heterocycles. The van der Waals surface area contributed by atoms with Gasteiger partial charge in [-0.2, -0.15) is 0 Å². The zero-order chi connectivity index (χ0) is 59.7. The molecular formula is C57H85N7O16S. The summed E-state index contributed by atoms with van der Waals surface area (Å²) in [5.74, 6) is -9.57. The molecule has 7 amide bonds. The van der Waals surface area contributed by atoms with E-state index in [4.69, 9.17) is 5.73 Å². The van der Waals surface area contributed by atoms with E-state index in [9.17, 15) is 79.2 Å². The molecule has 24 heteroatoms. The fourth-order valence-corrected chi connectivity index (χ4v) is 11.9. The fraction of sp³-hybridized carbons (Fsp3) is 0.649. The second-order valence-corrected chi connectivity index (χ2v) is 23.5. The van der Waals surface area contributed by atoms with Gasteiger partial charge in [0.25, 0.3) is 0 Å². The quantitative estimate of drug-likeness (QED) is 0.0716. The minimum Gasteiger partial charge on any atom is -0.508 e. The Morgan fingerprint density at radius 1 is 0.753 bits per heavy atom. The topological polar surface area (TPSA) is 379 Å². The first-order chi connectivity index (χ1) is 38.4. The molecule has 0 aliphatic carbocycles. The number of phenols is 1. The maximum atomic E-state index is 14.7. The molecule has 23 nitrogen and oxygen atoms in total. The number of amides is 7. The number of phenolic OH excluding ortho intramolecular Hbond substituents is 1. The summed E-state index contributed by atoms with van der Waals surface area (Å²) in [5.41, 5.74) is 5.37. The monoisotopic (exact) mass is 1160 g/mol. The van der Waals surface area contributed by atoms with E-state index in [1.807, 2.05) is 0 Å². The minimum atomic E-state index is -2.24. The van der Waals surface area contributed by atoms with Crippen LogP contribution in [0, 0.1) is 17.8 Å². The molecule has 0 radical (unpaired) electrons. The van der Waals surface area contributed by atoms with Gasteiger partial charge in [0.2, 0.25) is 41.4 Å². The molecular weight excluding hydrogens is 1070 g/mol. The van der Waals surface area contributed by atoms with Crippen molar-refractivity contribution in [3.05, 3.63) is 60.2 Å². The number of aliphatic hydroxyl groups excluding tert-OH is 7. The highest BCUT2D eigenvalue weighted by Gasteiger charge is 2.49. The van der Waals surface area contributed by atoms with Crippen molar-refractivity contribution in [1.82, 2.24) is 31.1 Å². The summed E-state index contributed by atoms with van der Waals surface area (Å²) < 4.78 is 0. The van der Waals surface area contributed by atoms with Crippen molar-refractivity contribution in [2.75, 3.05) is 13.1 Å². The van der Waals surface area contributed by atoms with Gasteiger partial charge in [-0.25, -0.2) is 0 Å². The van der Waals surface area contributed by atoms with Crippen molar-refractivity contribution in [2.24, 2.45) is 23.5 Å². The van der Waals surface area contributed by atoms with Crippen LogP contribution in [0.3, 0.4) is 0 Å². The zero-order valence-corrected chi connectivity index (χ0v) is 47.5. The standard InChI is InChI=1S/C57H85N7O16S/c1-5-31(2)25-32(3)15-11-8-6-7-9-14-18-46(73)59-39-28-44(71)55(81-37-16-12-10-13-17-37)62-54(78)49-41(68)23-24-63(49)57(80)48(43(70)29-45(58)72)61-52(76)38(51(75)50(74)34-19-21-35(66)22-20-34)27-42(69)40-26-36(67)30-64(40)56(79)47(33(4)65)60-53(39)77/h10,12-13,16-17,19-22,31-33,36,38-41,43-44,47-51,55,65-68,70-71,74-75H,5-9,11,14-15,18,23-30H2,1-4H3,(H2,58,72)(H,59,73)(H,60,77)(H,61,76)(H,62,78)/t31?,32?,33-,36-,38+,39+,40+,41+,43-,44-,47+,48+,49+,50+,51+,55-/m1/s1. The highest BCUT2D eigenvalue weighted by Crippen LogP contribution is 2.32. The Hall–Kier alpha value is -5.73. The number of benzene rings is 2. The molecule has 81 heavy (non-hydrogen) atoms. The Bertz CT molecular complexity index is 2420. The van der Waals surface area contributed by atoms with Crippen LogP contribution in [0.15, 0.2) is 59.5 Å². The van der Waals surface area contributed by atoms with Crippen LogP contribution in [0.1, 0.15) is 136 Å². The number of nitrogens with zero attached hydrogens (tertiary/aromatic N) is 2. The van der Waals surface area contributed by atoms with Gasteiger partial charge in [0, 0.05) is 43.7 Å². The van der Waals surface area contributed by atoms with Gasteiger partial charge in [-0.05, 0) is 67.9 Å². The third-order valence-electron chi connectivity index (χ3n) is 15.6. The van der Waals surface area contributed by atoms with Crippen LogP contribution in [-0.4, -0.2) is 183 Å². The largest absolute Gasteiger partial charge is 0.508 e. The summed E-state index contributed by atoms with van der Waals surface area (Å²) >= 11 is 0.906. The van der Waals surface area contributed by atoms with E-state index in [1.165, 1.54) is 30.7 Å². The Labute approximate surface area is 477 Å². The summed E-state index contributed by atoms with van der Waals surface area (Å²) in [6.07, 6.45) is -7.53. The molecule has 2 aromatic rings. The summed E-state index contributed by atoms with van der Waals surface area (Å²) in [6.45, 7) is 7.00. The smallest absolute Gasteiger partial charge is 0.248 e. The number of thioether (sulfide) groups is 1. The molecule has 3 aliphatic rings. The lowest BCUT2D eigenvalue weighted by molar-refractivity contribution is -0.149. The Morgan fingerprint density at radius 3 is 2.02 bits per heavy atom. The Balaban J connectivity index is 1.53. The van der Waals surface area contributed by atoms with E-state index in [2.05, 4.69) is 42.0 Å². The minimum absolute atomic E-state index is 0.0312. The van der Waals surface area contributed by atoms with Gasteiger partial charge in [0.1, 0.15) is 41.4 Å². The first kappa shape index (κ1) is 66.1. The highest BCUT2D eigenvalue weighted by molar-refractivity contribution is 8.00. The molecule has 0 spiro atoms. The van der Waals surface area contributed by atoms with Crippen molar-refractivity contribution in [3.8, 4) is 5.75 Å². The number of ketones is 1. The number of aliphatic hydroxyl groups is 7. The van der Waals surface area contributed by atoms with Gasteiger partial charge in [0.05, 0.1) is 55.0 Å². The van der Waals surface area contributed by atoms with Gasteiger partial charge in [0.15, 0.2) is 5.78 Å². The van der Waals surface area contributed by atoms with Crippen molar-refractivity contribution in [1.29, 1.82) is 0 Å². The van der Waals surface area contributed by atoms with Crippen LogP contribution in [-0.2, 0) is 38.4 Å². The molecule has 5 rings (SSSR count). The molecule has 2 aromatic carbocycles. The van der Waals surface area contributed by atoms with Gasteiger partial charge < -0.3 is 77.7 Å². The number of unbranched alkanes of at least 4 members (excludes halogenated alkanes) is 5. The number of carbonyl (C=O) groups excluding carboxylic acids is 8. The number of hydrogen-bond donors (Lipinski definition) is 13. The fourth-order valence-electron chi connectivity index (χ4n) is 10.8. The number of fused-ring (bicyclic) bond motifs is 2. The molecule has 0 bridgehead atoms.